The van der Waals surface area contributed by atoms with Crippen molar-refractivity contribution in [2.24, 2.45) is 0 Å². The molecule has 0 fully saturated rings. The summed E-state index contributed by atoms with van der Waals surface area (Å²) < 4.78 is 17.6. The van der Waals surface area contributed by atoms with Crippen LogP contribution in [0.4, 0.5) is 5.69 Å². The van der Waals surface area contributed by atoms with E-state index in [0.717, 1.165) is 0 Å². The third-order valence-electron chi connectivity index (χ3n) is 5.02. The molecule has 9 nitrogen and oxygen atoms in total. The molecule has 1 N–H and O–H groups in total. The number of amides is 1. The van der Waals surface area contributed by atoms with Gasteiger partial charge in [0.2, 0.25) is 5.88 Å². The molecule has 4 rings (SSSR count). The fourth-order valence-electron chi connectivity index (χ4n) is 3.27. The van der Waals surface area contributed by atoms with Gasteiger partial charge in [-0.05, 0) is 54.6 Å². The molecule has 0 atom stereocenters. The average Bonchev–Trinajstić information content (AvgIpc) is 2.89. The first-order valence-corrected chi connectivity index (χ1v) is 10.4. The number of ether oxygens (including phenoxy) is 3. The van der Waals surface area contributed by atoms with Crippen LogP contribution in [0.3, 0.4) is 0 Å². The Morgan fingerprint density at radius 3 is 2.43 bits per heavy atom. The molecule has 0 saturated carbocycles. The Hall–Kier alpha value is -5.10. The van der Waals surface area contributed by atoms with E-state index in [2.05, 4.69) is 10.3 Å². The summed E-state index contributed by atoms with van der Waals surface area (Å²) in [4.78, 5) is 30.6. The highest BCUT2D eigenvalue weighted by molar-refractivity contribution is 6.10. The molecule has 0 radical (unpaired) electrons. The number of aromatic nitrogens is 2. The van der Waals surface area contributed by atoms with Gasteiger partial charge in [-0.15, -0.1) is 0 Å². The quantitative estimate of drug-likeness (QED) is 0.321. The largest absolute Gasteiger partial charge is 0.497 e. The van der Waals surface area contributed by atoms with Crippen LogP contribution in [0.25, 0.3) is 11.7 Å². The van der Waals surface area contributed by atoms with Gasteiger partial charge >= 0.3 is 0 Å². The summed E-state index contributed by atoms with van der Waals surface area (Å²) >= 11 is 0. The molecule has 0 aliphatic carbocycles. The zero-order chi connectivity index (χ0) is 24.8. The Balaban J connectivity index is 1.78. The number of benzene rings is 2. The standard InChI is InChI=1S/C26H20N4O5/c1-33-18-10-12-19(13-11-18)35-25-20(26(32)30-14-6-5-9-23(30)29-25)15-17(16-27)24(31)28-21-7-3-4-8-22(21)34-2/h3-15H,1-2H3,(H,28,31). The van der Waals surface area contributed by atoms with E-state index in [-0.39, 0.29) is 17.0 Å². The first-order chi connectivity index (χ1) is 17.0. The number of hydrogen-bond acceptors (Lipinski definition) is 7. The fourth-order valence-corrected chi connectivity index (χ4v) is 3.27. The normalized spacial score (nSPS) is 10.9. The molecule has 1 amide bonds. The smallest absolute Gasteiger partial charge is 0.269 e. The second-order valence-corrected chi connectivity index (χ2v) is 7.17. The van der Waals surface area contributed by atoms with Crippen molar-refractivity contribution in [1.82, 2.24) is 9.38 Å². The van der Waals surface area contributed by atoms with Gasteiger partial charge in [0.05, 0.1) is 19.9 Å². The summed E-state index contributed by atoms with van der Waals surface area (Å²) in [5, 5.41) is 12.3. The lowest BCUT2D eigenvalue weighted by molar-refractivity contribution is -0.112. The van der Waals surface area contributed by atoms with Crippen LogP contribution in [-0.4, -0.2) is 29.5 Å². The zero-order valence-electron chi connectivity index (χ0n) is 18.9. The Kier molecular flexibility index (Phi) is 6.74. The molecule has 0 spiro atoms. The number of pyridine rings is 1. The first-order valence-electron chi connectivity index (χ1n) is 10.4. The highest BCUT2D eigenvalue weighted by Gasteiger charge is 2.18. The van der Waals surface area contributed by atoms with E-state index in [0.29, 0.717) is 28.6 Å². The van der Waals surface area contributed by atoms with Gasteiger partial charge in [-0.1, -0.05) is 18.2 Å². The van der Waals surface area contributed by atoms with Crippen LogP contribution in [-0.2, 0) is 4.79 Å². The molecule has 2 heterocycles. The summed E-state index contributed by atoms with van der Waals surface area (Å²) in [6.07, 6.45) is 2.71. The maximum Gasteiger partial charge on any atom is 0.269 e. The zero-order valence-corrected chi connectivity index (χ0v) is 18.9. The molecule has 0 aliphatic rings. The predicted molar refractivity (Wildman–Crippen MR) is 130 cm³/mol. The van der Waals surface area contributed by atoms with Gasteiger partial charge in [-0.2, -0.15) is 10.2 Å². The van der Waals surface area contributed by atoms with Crippen molar-refractivity contribution < 1.29 is 19.0 Å². The number of methoxy groups -OCH3 is 2. The highest BCUT2D eigenvalue weighted by Crippen LogP contribution is 2.27. The van der Waals surface area contributed by atoms with Gasteiger partial charge in [0.15, 0.2) is 0 Å². The van der Waals surface area contributed by atoms with Crippen molar-refractivity contribution >= 4 is 23.3 Å². The van der Waals surface area contributed by atoms with Gasteiger partial charge in [-0.25, -0.2) is 0 Å². The Labute approximate surface area is 200 Å². The predicted octanol–water partition coefficient (Wildman–Crippen LogP) is 4.05. The number of carbonyl (C=O) groups is 1. The number of anilines is 1. The summed E-state index contributed by atoms with van der Waals surface area (Å²) in [5.41, 5.74) is -0.155. The Bertz CT molecular complexity index is 1520. The van der Waals surface area contributed by atoms with Crippen molar-refractivity contribution in [3.63, 3.8) is 0 Å². The number of fused-ring (bicyclic) bond motifs is 1. The van der Waals surface area contributed by atoms with Crippen molar-refractivity contribution in [3.05, 3.63) is 94.4 Å². The summed E-state index contributed by atoms with van der Waals surface area (Å²) in [5.74, 6) is 0.677. The monoisotopic (exact) mass is 468 g/mol. The third kappa shape index (κ3) is 4.96. The number of nitrogens with zero attached hydrogens (tertiary/aromatic N) is 3. The van der Waals surface area contributed by atoms with Crippen LogP contribution < -0.4 is 25.1 Å². The van der Waals surface area contributed by atoms with E-state index in [9.17, 15) is 14.9 Å². The molecular formula is C26H20N4O5. The SMILES string of the molecule is COc1ccc(Oc2nc3ccccn3c(=O)c2C=C(C#N)C(=O)Nc2ccccc2OC)cc1. The molecule has 35 heavy (non-hydrogen) atoms. The van der Waals surface area contributed by atoms with E-state index < -0.39 is 11.5 Å². The summed E-state index contributed by atoms with van der Waals surface area (Å²) in [6, 6.07) is 20.4. The van der Waals surface area contributed by atoms with Gasteiger partial charge in [-0.3, -0.25) is 14.0 Å². The van der Waals surface area contributed by atoms with Gasteiger partial charge < -0.3 is 19.5 Å². The molecular weight excluding hydrogens is 448 g/mol. The van der Waals surface area contributed by atoms with Crippen LogP contribution in [0.1, 0.15) is 5.56 Å². The van der Waals surface area contributed by atoms with Gasteiger partial charge in [0, 0.05) is 6.20 Å². The van der Waals surface area contributed by atoms with E-state index in [1.807, 2.05) is 6.07 Å². The van der Waals surface area contributed by atoms with Crippen LogP contribution >= 0.6 is 0 Å². The average molecular weight is 468 g/mol. The lowest BCUT2D eigenvalue weighted by Gasteiger charge is -2.11. The molecule has 9 heteroatoms. The number of rotatable bonds is 7. The topological polar surface area (TPSA) is 115 Å². The van der Waals surface area contributed by atoms with E-state index in [1.165, 1.54) is 17.6 Å². The van der Waals surface area contributed by atoms with Crippen molar-refractivity contribution in [1.29, 1.82) is 5.26 Å². The Morgan fingerprint density at radius 2 is 1.71 bits per heavy atom. The minimum Gasteiger partial charge on any atom is -0.497 e. The maximum absolute atomic E-state index is 13.3. The van der Waals surface area contributed by atoms with Crippen LogP contribution in [0, 0.1) is 11.3 Å². The van der Waals surface area contributed by atoms with Crippen LogP contribution in [0.15, 0.2) is 83.3 Å². The molecule has 2 aromatic carbocycles. The van der Waals surface area contributed by atoms with Crippen LogP contribution in [0.5, 0.6) is 23.1 Å². The number of para-hydroxylation sites is 2. The third-order valence-corrected chi connectivity index (χ3v) is 5.02. The number of carbonyl (C=O) groups excluding carboxylic acids is 1. The lowest BCUT2D eigenvalue weighted by Crippen LogP contribution is -2.20. The van der Waals surface area contributed by atoms with Crippen molar-refractivity contribution in [3.8, 4) is 29.2 Å². The Morgan fingerprint density at radius 1 is 1.00 bits per heavy atom. The number of nitrogens with one attached hydrogen (secondary N) is 1. The molecule has 0 bridgehead atoms. The van der Waals surface area contributed by atoms with Crippen LogP contribution in [0.2, 0.25) is 0 Å². The maximum atomic E-state index is 13.3. The lowest BCUT2D eigenvalue weighted by atomic mass is 10.1. The molecule has 0 aliphatic heterocycles. The second kappa shape index (κ2) is 10.2. The minimum atomic E-state index is -0.718. The first kappa shape index (κ1) is 23.1. The van der Waals surface area contributed by atoms with Crippen molar-refractivity contribution in [2.45, 2.75) is 0 Å². The van der Waals surface area contributed by atoms with Crippen molar-refractivity contribution in [2.75, 3.05) is 19.5 Å². The summed E-state index contributed by atoms with van der Waals surface area (Å²) in [6.45, 7) is 0. The molecule has 4 aromatic rings. The van der Waals surface area contributed by atoms with E-state index in [1.54, 1.807) is 80.0 Å². The van der Waals surface area contributed by atoms with Gasteiger partial charge in [0.1, 0.15) is 40.1 Å². The molecule has 174 valence electrons. The minimum absolute atomic E-state index is 0.0517. The molecule has 0 unspecified atom stereocenters. The van der Waals surface area contributed by atoms with E-state index >= 15 is 0 Å². The van der Waals surface area contributed by atoms with Gasteiger partial charge in [0.25, 0.3) is 11.5 Å². The summed E-state index contributed by atoms with van der Waals surface area (Å²) in [7, 11) is 3.01. The fraction of sp³-hybridized carbons (Fsp3) is 0.0769. The highest BCUT2D eigenvalue weighted by atomic mass is 16.5. The number of hydrogen-bond donors (Lipinski definition) is 1. The molecule has 0 saturated heterocycles. The van der Waals surface area contributed by atoms with E-state index in [4.69, 9.17) is 14.2 Å². The molecule has 2 aromatic heterocycles. The number of nitriles is 1. The second-order valence-electron chi connectivity index (χ2n) is 7.17.